The Labute approximate surface area is 69.6 Å². The lowest BCUT2D eigenvalue weighted by Crippen LogP contribution is -2.58. The van der Waals surface area contributed by atoms with E-state index in [9.17, 15) is 19.8 Å². The van der Waals surface area contributed by atoms with Gasteiger partial charge >= 0.3 is 0 Å². The molecular formula is C6H12NO5-. The van der Waals surface area contributed by atoms with Gasteiger partial charge in [0.2, 0.25) is 0 Å². The maximum absolute atomic E-state index is 9.61. The lowest BCUT2D eigenvalue weighted by atomic mass is 10.2. The zero-order valence-electron chi connectivity index (χ0n) is 6.94. The molecule has 6 heteroatoms. The topological polar surface area (TPSA) is 128 Å². The Kier molecular flexibility index (Phi) is 7.36. The molecule has 0 saturated carbocycles. The number of carbonyl (C=O) groups is 2. The molecule has 0 bridgehead atoms. The molecule has 0 radical (unpaired) electrons. The summed E-state index contributed by atoms with van der Waals surface area (Å²) in [7, 11) is 0. The first kappa shape index (κ1) is 13.4. The summed E-state index contributed by atoms with van der Waals surface area (Å²) in [6.45, 7) is 2.60. The number of hydrogen-bond acceptors (Lipinski definition) is 5. The van der Waals surface area contributed by atoms with Crippen LogP contribution in [0.25, 0.3) is 0 Å². The van der Waals surface area contributed by atoms with Crippen LogP contribution in [0.1, 0.15) is 13.8 Å². The molecule has 0 aromatic rings. The van der Waals surface area contributed by atoms with Gasteiger partial charge in [-0.2, -0.15) is 0 Å². The molecule has 6 nitrogen and oxygen atoms in total. The van der Waals surface area contributed by atoms with Crippen molar-refractivity contribution >= 4 is 11.9 Å². The zero-order valence-corrected chi connectivity index (χ0v) is 6.94. The van der Waals surface area contributed by atoms with Crippen LogP contribution >= 0.6 is 0 Å². The third kappa shape index (κ3) is 11.6. The van der Waals surface area contributed by atoms with Gasteiger partial charge in [-0.15, -0.1) is 0 Å². The number of hydrogen-bond donors (Lipinski definition) is 2. The van der Waals surface area contributed by atoms with Gasteiger partial charge in [-0.1, -0.05) is 6.92 Å². The highest BCUT2D eigenvalue weighted by molar-refractivity contribution is 5.90. The Morgan fingerprint density at radius 3 is 1.42 bits per heavy atom. The van der Waals surface area contributed by atoms with Gasteiger partial charge < -0.3 is 30.6 Å². The first-order valence-electron chi connectivity index (χ1n) is 3.21. The first-order chi connectivity index (χ1) is 5.29. The van der Waals surface area contributed by atoms with Crippen molar-refractivity contribution in [2.45, 2.75) is 20.1 Å². The minimum absolute atomic E-state index is 0.417. The molecule has 0 aliphatic carbocycles. The second-order valence-corrected chi connectivity index (χ2v) is 2.21. The van der Waals surface area contributed by atoms with Crippen molar-refractivity contribution in [1.29, 1.82) is 0 Å². The van der Waals surface area contributed by atoms with Gasteiger partial charge in [-0.05, 0) is 0 Å². The molecule has 0 fully saturated rings. The molecule has 0 amide bonds. The van der Waals surface area contributed by atoms with E-state index >= 15 is 0 Å². The van der Waals surface area contributed by atoms with E-state index in [1.54, 1.807) is 6.92 Å². The van der Waals surface area contributed by atoms with E-state index in [1.807, 2.05) is 0 Å². The smallest absolute Gasteiger partial charge is 0.182 e. The number of quaternary nitrogens is 1. The molecule has 72 valence electrons. The summed E-state index contributed by atoms with van der Waals surface area (Å²) in [6, 6.07) is 0. The molecule has 0 aromatic heterocycles. The molecule has 12 heavy (non-hydrogen) atoms. The Balaban J connectivity index is 0. The zero-order chi connectivity index (χ0) is 10.3. The van der Waals surface area contributed by atoms with Crippen LogP contribution in [-0.2, 0) is 9.59 Å². The number of rotatable bonds is 2. The summed E-state index contributed by atoms with van der Waals surface area (Å²) >= 11 is 0. The van der Waals surface area contributed by atoms with Crippen molar-refractivity contribution in [2.24, 2.45) is 5.92 Å². The largest absolute Gasteiger partial charge is 0.549 e. The summed E-state index contributed by atoms with van der Waals surface area (Å²) in [5.74, 6) is -4.76. The maximum Gasteiger partial charge on any atom is 0.182 e. The van der Waals surface area contributed by atoms with Crippen molar-refractivity contribution < 1.29 is 30.6 Å². The normalized spacial score (nSPS) is 11.4. The highest BCUT2D eigenvalue weighted by Gasteiger charge is 2.00. The van der Waals surface area contributed by atoms with Gasteiger partial charge in [0.1, 0.15) is 0 Å². The molecule has 0 aliphatic rings. The molecule has 1 atom stereocenters. The molecule has 4 N–H and O–H groups in total. The third-order valence-electron chi connectivity index (χ3n) is 0.707. The van der Waals surface area contributed by atoms with E-state index in [0.29, 0.717) is 0 Å². The predicted molar refractivity (Wildman–Crippen MR) is 33.7 cm³/mol. The summed E-state index contributed by atoms with van der Waals surface area (Å²) in [6.07, 6.45) is -0.417. The lowest BCUT2D eigenvalue weighted by Gasteiger charge is -2.11. The summed E-state index contributed by atoms with van der Waals surface area (Å²) in [5, 5.41) is 27.2. The average Bonchev–Trinajstić information content (AvgIpc) is 1.84. The fourth-order valence-electron chi connectivity index (χ4n) is 0.0962. The highest BCUT2D eigenvalue weighted by atomic mass is 16.4. The fourth-order valence-corrected chi connectivity index (χ4v) is 0.0962. The molecule has 0 rings (SSSR count). The van der Waals surface area contributed by atoms with Crippen molar-refractivity contribution in [1.82, 2.24) is 0 Å². The second kappa shape index (κ2) is 6.56. The Morgan fingerprint density at radius 1 is 1.25 bits per heavy atom. The number of carbonyl (C=O) groups excluding carboxylic acids is 2. The van der Waals surface area contributed by atoms with Gasteiger partial charge in [-0.25, -0.2) is 0 Å². The molecule has 0 aliphatic heterocycles. The van der Waals surface area contributed by atoms with Crippen LogP contribution in [0.4, 0.5) is 0 Å². The number of aliphatic carboxylic acids is 2. The van der Waals surface area contributed by atoms with Gasteiger partial charge in [0.25, 0.3) is 0 Å². The van der Waals surface area contributed by atoms with Gasteiger partial charge in [0.15, 0.2) is 6.23 Å². The number of aliphatic hydroxyl groups excluding tert-OH is 1. The van der Waals surface area contributed by atoms with E-state index in [1.165, 1.54) is 0 Å². The van der Waals surface area contributed by atoms with Gasteiger partial charge in [-0.3, -0.25) is 0 Å². The number of carboxylic acid groups (broad SMARTS) is 2. The fraction of sp³-hybridized carbons (Fsp3) is 0.667. The van der Waals surface area contributed by atoms with Crippen LogP contribution in [0.3, 0.4) is 0 Å². The standard InChI is InChI=1S/C4H6O4.C2H7NO/c1-2(3(5)6)4(7)8;1-2(3)4/h2H,1H3,(H,5,6)(H,7,8);2,4H,3H2,1H3/p-1. The lowest BCUT2D eigenvalue weighted by molar-refractivity contribution is -0.475. The highest BCUT2D eigenvalue weighted by Crippen LogP contribution is 1.86. The summed E-state index contributed by atoms with van der Waals surface area (Å²) in [5.41, 5.74) is 3.19. The van der Waals surface area contributed by atoms with Crippen molar-refractivity contribution in [2.75, 3.05) is 0 Å². The first-order valence-corrected chi connectivity index (χ1v) is 3.21. The second-order valence-electron chi connectivity index (χ2n) is 2.21. The predicted octanol–water partition coefficient (Wildman–Crippen LogP) is -4.31. The van der Waals surface area contributed by atoms with Crippen molar-refractivity contribution in [3.05, 3.63) is 0 Å². The minimum Gasteiger partial charge on any atom is -0.549 e. The Morgan fingerprint density at radius 2 is 1.42 bits per heavy atom. The number of aliphatic hydroxyl groups is 1. The van der Waals surface area contributed by atoms with Crippen molar-refractivity contribution in [3.8, 4) is 0 Å². The maximum atomic E-state index is 9.61. The molecule has 0 spiro atoms. The van der Waals surface area contributed by atoms with Crippen LogP contribution in [0.5, 0.6) is 0 Å². The SMILES string of the molecule is CC(C(=O)[O-])C(=O)[O-].CC([NH3+])O. The van der Waals surface area contributed by atoms with Gasteiger partial charge in [0, 0.05) is 24.8 Å². The molecule has 0 heterocycles. The van der Waals surface area contributed by atoms with E-state index in [0.717, 1.165) is 6.92 Å². The Hall–Kier alpha value is -1.14. The number of carboxylic acids is 2. The average molecular weight is 178 g/mol. The minimum atomic E-state index is -1.62. The quantitative estimate of drug-likeness (QED) is 0.326. The van der Waals surface area contributed by atoms with E-state index in [-0.39, 0.29) is 0 Å². The molecule has 0 saturated heterocycles. The Bertz CT molecular complexity index is 139. The third-order valence-corrected chi connectivity index (χ3v) is 0.707. The summed E-state index contributed by atoms with van der Waals surface area (Å²) < 4.78 is 0. The van der Waals surface area contributed by atoms with Gasteiger partial charge in [0.05, 0.1) is 0 Å². The van der Waals surface area contributed by atoms with Crippen LogP contribution in [0.15, 0.2) is 0 Å². The van der Waals surface area contributed by atoms with Crippen molar-refractivity contribution in [3.63, 3.8) is 0 Å². The van der Waals surface area contributed by atoms with E-state index in [2.05, 4.69) is 5.73 Å². The molecule has 0 aromatic carbocycles. The van der Waals surface area contributed by atoms with Crippen LogP contribution < -0.4 is 15.9 Å². The van der Waals surface area contributed by atoms with E-state index < -0.39 is 24.1 Å². The molecule has 1 unspecified atom stereocenters. The summed E-state index contributed by atoms with van der Waals surface area (Å²) in [4.78, 5) is 19.2. The van der Waals surface area contributed by atoms with Crippen LogP contribution in [0.2, 0.25) is 0 Å². The monoisotopic (exact) mass is 178 g/mol. The van der Waals surface area contributed by atoms with Crippen LogP contribution in [0, 0.1) is 5.92 Å². The van der Waals surface area contributed by atoms with E-state index in [4.69, 9.17) is 5.11 Å². The van der Waals surface area contributed by atoms with Crippen LogP contribution in [-0.4, -0.2) is 23.3 Å². The molecular weight excluding hydrogens is 166 g/mol.